The van der Waals surface area contributed by atoms with Crippen LogP contribution in [0, 0.1) is 20.8 Å². The van der Waals surface area contributed by atoms with Gasteiger partial charge in [-0.1, -0.05) is 54.4 Å². The van der Waals surface area contributed by atoms with Crippen molar-refractivity contribution < 1.29 is 14.3 Å². The summed E-state index contributed by atoms with van der Waals surface area (Å²) in [6.45, 7) is 8.59. The van der Waals surface area contributed by atoms with Crippen LogP contribution in [0.4, 0.5) is 11.4 Å². The first kappa shape index (κ1) is 22.3. The van der Waals surface area contributed by atoms with E-state index in [1.165, 1.54) is 4.90 Å². The van der Waals surface area contributed by atoms with E-state index in [0.29, 0.717) is 29.3 Å². The van der Waals surface area contributed by atoms with Crippen LogP contribution in [0.3, 0.4) is 0 Å². The van der Waals surface area contributed by atoms with E-state index in [-0.39, 0.29) is 17.5 Å². The topological polar surface area (TPSA) is 58.6 Å². The second kappa shape index (κ2) is 9.33. The Morgan fingerprint density at radius 3 is 2.27 bits per heavy atom. The van der Waals surface area contributed by atoms with Gasteiger partial charge in [-0.05, 0) is 62.6 Å². The highest BCUT2D eigenvalue weighted by atomic mass is 16.5. The smallest absolute Gasteiger partial charge is 0.282 e. The number of carbonyl (C=O) groups is 2. The molecule has 0 radical (unpaired) electrons. The van der Waals surface area contributed by atoms with E-state index in [1.807, 2.05) is 82.3 Å². The monoisotopic (exact) mass is 440 g/mol. The molecule has 3 aromatic carbocycles. The van der Waals surface area contributed by atoms with Gasteiger partial charge in [0.25, 0.3) is 11.8 Å². The normalized spacial score (nSPS) is 13.6. The minimum absolute atomic E-state index is 0.264. The Labute approximate surface area is 194 Å². The lowest BCUT2D eigenvalue weighted by atomic mass is 9.97. The summed E-state index contributed by atoms with van der Waals surface area (Å²) in [7, 11) is 0. The number of rotatable bonds is 7. The van der Waals surface area contributed by atoms with Crippen LogP contribution >= 0.6 is 0 Å². The number of amides is 2. The summed E-state index contributed by atoms with van der Waals surface area (Å²) in [4.78, 5) is 28.5. The van der Waals surface area contributed by atoms with Crippen molar-refractivity contribution in [3.05, 3.63) is 94.7 Å². The Balaban J connectivity index is 1.79. The van der Waals surface area contributed by atoms with Crippen LogP contribution in [0.5, 0.6) is 5.75 Å². The molecule has 0 saturated heterocycles. The maximum Gasteiger partial charge on any atom is 0.282 e. The van der Waals surface area contributed by atoms with Crippen LogP contribution in [-0.2, 0) is 9.59 Å². The molecule has 0 aliphatic carbocycles. The van der Waals surface area contributed by atoms with Gasteiger partial charge in [0.1, 0.15) is 11.4 Å². The lowest BCUT2D eigenvalue weighted by Gasteiger charge is -2.16. The van der Waals surface area contributed by atoms with Crippen LogP contribution in [0.1, 0.15) is 35.6 Å². The molecule has 0 bridgehead atoms. The van der Waals surface area contributed by atoms with Crippen LogP contribution in [0.2, 0.25) is 0 Å². The summed E-state index contributed by atoms with van der Waals surface area (Å²) >= 11 is 0. The fourth-order valence-electron chi connectivity index (χ4n) is 3.95. The molecule has 1 N–H and O–H groups in total. The largest absolute Gasteiger partial charge is 0.494 e. The minimum Gasteiger partial charge on any atom is -0.494 e. The molecule has 5 nitrogen and oxygen atoms in total. The Hall–Kier alpha value is -3.86. The van der Waals surface area contributed by atoms with Crippen molar-refractivity contribution in [2.45, 2.75) is 34.1 Å². The van der Waals surface area contributed by atoms with Crippen LogP contribution in [-0.4, -0.2) is 18.4 Å². The van der Waals surface area contributed by atoms with Gasteiger partial charge in [0, 0.05) is 11.8 Å². The molecule has 0 saturated carbocycles. The highest BCUT2D eigenvalue weighted by Gasteiger charge is 2.40. The summed E-state index contributed by atoms with van der Waals surface area (Å²) < 4.78 is 5.74. The van der Waals surface area contributed by atoms with Crippen LogP contribution < -0.4 is 15.0 Å². The minimum atomic E-state index is -0.376. The number of ether oxygens (including phenoxy) is 1. The summed E-state index contributed by atoms with van der Waals surface area (Å²) in [5, 5.41) is 3.23. The molecule has 2 amide bonds. The standard InChI is InChI=1S/C28H28N2O3/c1-5-15-33-23-8-6-7-21(17-23)29-26-25(24-14-11-19(3)16-20(24)4)27(31)30(28(26)32)22-12-9-18(2)10-13-22/h6-14,16-17,29H,5,15H2,1-4H3. The van der Waals surface area contributed by atoms with Gasteiger partial charge in [-0.25, -0.2) is 4.90 Å². The molecule has 33 heavy (non-hydrogen) atoms. The molecule has 4 rings (SSSR count). The molecule has 0 atom stereocenters. The van der Waals surface area contributed by atoms with E-state index in [4.69, 9.17) is 4.74 Å². The average molecular weight is 441 g/mol. The summed E-state index contributed by atoms with van der Waals surface area (Å²) in [6, 6.07) is 20.7. The quantitative estimate of drug-likeness (QED) is 0.472. The molecule has 168 valence electrons. The third-order valence-electron chi connectivity index (χ3n) is 5.60. The molecular formula is C28H28N2O3. The zero-order chi connectivity index (χ0) is 23.5. The van der Waals surface area contributed by atoms with E-state index in [1.54, 1.807) is 12.1 Å². The molecule has 1 heterocycles. The fourth-order valence-corrected chi connectivity index (χ4v) is 3.95. The first-order chi connectivity index (χ1) is 15.9. The third kappa shape index (κ3) is 4.53. The Morgan fingerprint density at radius 1 is 0.848 bits per heavy atom. The number of nitrogens with zero attached hydrogens (tertiary/aromatic N) is 1. The summed E-state index contributed by atoms with van der Waals surface area (Å²) in [5.41, 5.74) is 5.72. The fraction of sp³-hybridized carbons (Fsp3) is 0.214. The van der Waals surface area contributed by atoms with Crippen molar-refractivity contribution in [3.63, 3.8) is 0 Å². The second-order valence-corrected chi connectivity index (χ2v) is 8.35. The van der Waals surface area contributed by atoms with E-state index in [9.17, 15) is 9.59 Å². The van der Waals surface area contributed by atoms with Crippen LogP contribution in [0.15, 0.2) is 72.4 Å². The van der Waals surface area contributed by atoms with Gasteiger partial charge in [-0.2, -0.15) is 0 Å². The number of imide groups is 1. The molecule has 0 spiro atoms. The predicted octanol–water partition coefficient (Wildman–Crippen LogP) is 5.80. The van der Waals surface area contributed by atoms with Crippen molar-refractivity contribution in [1.29, 1.82) is 0 Å². The van der Waals surface area contributed by atoms with Gasteiger partial charge in [0.2, 0.25) is 0 Å². The number of nitrogens with one attached hydrogen (secondary N) is 1. The third-order valence-corrected chi connectivity index (χ3v) is 5.60. The van der Waals surface area contributed by atoms with Crippen molar-refractivity contribution in [2.75, 3.05) is 16.8 Å². The highest BCUT2D eigenvalue weighted by molar-refractivity contribution is 6.46. The van der Waals surface area contributed by atoms with Crippen molar-refractivity contribution in [1.82, 2.24) is 0 Å². The van der Waals surface area contributed by atoms with Gasteiger partial charge in [-0.15, -0.1) is 0 Å². The lowest BCUT2D eigenvalue weighted by Crippen LogP contribution is -2.32. The Bertz CT molecular complexity index is 1240. The number of benzene rings is 3. The number of hydrogen-bond donors (Lipinski definition) is 1. The number of aryl methyl sites for hydroxylation is 3. The van der Waals surface area contributed by atoms with Crippen molar-refractivity contribution in [3.8, 4) is 5.75 Å². The zero-order valence-electron chi connectivity index (χ0n) is 19.4. The van der Waals surface area contributed by atoms with Crippen molar-refractivity contribution >= 4 is 28.8 Å². The lowest BCUT2D eigenvalue weighted by molar-refractivity contribution is -0.120. The van der Waals surface area contributed by atoms with Gasteiger partial charge in [-0.3, -0.25) is 9.59 Å². The van der Waals surface area contributed by atoms with E-state index < -0.39 is 0 Å². The van der Waals surface area contributed by atoms with Gasteiger partial charge < -0.3 is 10.1 Å². The molecule has 0 unspecified atom stereocenters. The highest BCUT2D eigenvalue weighted by Crippen LogP contribution is 2.35. The maximum atomic E-state index is 13.6. The molecule has 1 aliphatic rings. The van der Waals surface area contributed by atoms with Gasteiger partial charge in [0.05, 0.1) is 17.9 Å². The molecule has 5 heteroatoms. The molecule has 0 aromatic heterocycles. The average Bonchev–Trinajstić information content (AvgIpc) is 3.03. The Morgan fingerprint density at radius 2 is 1.58 bits per heavy atom. The van der Waals surface area contributed by atoms with E-state index in [0.717, 1.165) is 28.7 Å². The molecule has 0 fully saturated rings. The van der Waals surface area contributed by atoms with Crippen LogP contribution in [0.25, 0.3) is 5.57 Å². The summed E-state index contributed by atoms with van der Waals surface area (Å²) in [5.74, 6) is -0.00178. The van der Waals surface area contributed by atoms with Gasteiger partial charge >= 0.3 is 0 Å². The first-order valence-electron chi connectivity index (χ1n) is 11.2. The first-order valence-corrected chi connectivity index (χ1v) is 11.2. The van der Waals surface area contributed by atoms with Crippen molar-refractivity contribution in [2.24, 2.45) is 0 Å². The summed E-state index contributed by atoms with van der Waals surface area (Å²) in [6.07, 6.45) is 0.901. The second-order valence-electron chi connectivity index (χ2n) is 8.35. The SMILES string of the molecule is CCCOc1cccc(NC2=C(c3ccc(C)cc3C)C(=O)N(c3ccc(C)cc3)C2=O)c1. The van der Waals surface area contributed by atoms with Gasteiger partial charge in [0.15, 0.2) is 0 Å². The maximum absolute atomic E-state index is 13.6. The number of anilines is 2. The number of hydrogen-bond acceptors (Lipinski definition) is 4. The molecule has 3 aromatic rings. The molecule has 1 aliphatic heterocycles. The number of carbonyl (C=O) groups excluding carboxylic acids is 2. The zero-order valence-corrected chi connectivity index (χ0v) is 19.4. The van der Waals surface area contributed by atoms with E-state index >= 15 is 0 Å². The predicted molar refractivity (Wildman–Crippen MR) is 132 cm³/mol. The Kier molecular flexibility index (Phi) is 6.31. The van der Waals surface area contributed by atoms with E-state index in [2.05, 4.69) is 5.32 Å². The molecular weight excluding hydrogens is 412 g/mol.